The van der Waals surface area contributed by atoms with Gasteiger partial charge in [0.2, 0.25) is 0 Å². The molecule has 0 rings (SSSR count). The lowest BCUT2D eigenvalue weighted by Gasteiger charge is -2.11. The van der Waals surface area contributed by atoms with Crippen molar-refractivity contribution in [3.05, 3.63) is 70.4 Å². The Morgan fingerprint density at radius 3 is 0.879 bits per heavy atom. The summed E-state index contributed by atoms with van der Waals surface area (Å²) in [7, 11) is -39.4. The third-order valence-electron chi connectivity index (χ3n) is 6.18. The molecule has 0 aliphatic carbocycles. The average Bonchev–Trinajstić information content (AvgIpc) is 2.99. The second-order valence-corrected chi connectivity index (χ2v) is 24.8. The van der Waals surface area contributed by atoms with Crippen LogP contribution in [0.3, 0.4) is 0 Å². The predicted molar refractivity (Wildman–Crippen MR) is 239 cm³/mol. The highest BCUT2D eigenvalue weighted by Crippen LogP contribution is 2.59. The molecule has 36 heteroatoms. The zero-order chi connectivity index (χ0) is 53.0. The summed E-state index contributed by atoms with van der Waals surface area (Å²) in [4.78, 5) is 108. The molecule has 0 heterocycles. The van der Waals surface area contributed by atoms with Crippen LogP contribution >= 0.6 is 62.6 Å². The van der Waals surface area contributed by atoms with E-state index in [1.54, 1.807) is 19.1 Å². The molecule has 392 valence electrons. The molecule has 0 amide bonds. The van der Waals surface area contributed by atoms with E-state index in [9.17, 15) is 36.5 Å². The van der Waals surface area contributed by atoms with E-state index in [0.29, 0.717) is 12.0 Å². The van der Waals surface area contributed by atoms with Crippen molar-refractivity contribution in [1.29, 1.82) is 0 Å². The maximum absolute atomic E-state index is 11.2. The largest absolute Gasteiger partial charge is 0.481 e. The summed E-state index contributed by atoms with van der Waals surface area (Å²) in [6.45, 7) is 18.4. The first-order chi connectivity index (χ1) is 29.3. The third kappa shape index (κ3) is 63.5. The molecule has 0 aromatic heterocycles. The highest BCUT2D eigenvalue weighted by atomic mass is 31.3. The third-order valence-corrected chi connectivity index (χ3v) is 14.4. The molecule has 0 aromatic rings. The lowest BCUT2D eigenvalue weighted by Crippen LogP contribution is -1.96. The first kappa shape index (κ1) is 72.0. The molecular weight excluding hydrogens is 1060 g/mol. The lowest BCUT2D eigenvalue weighted by atomic mass is 10.1. The predicted octanol–water partition coefficient (Wildman–Crippen LogP) is 7.90. The van der Waals surface area contributed by atoms with Crippen molar-refractivity contribution in [2.45, 2.75) is 100 Å². The van der Waals surface area contributed by atoms with E-state index in [1.807, 2.05) is 27.7 Å². The fourth-order valence-electron chi connectivity index (χ4n) is 3.52. The molecule has 0 saturated carbocycles. The minimum atomic E-state index is -5.07. The first-order valence-electron chi connectivity index (χ1n) is 18.2. The quantitative estimate of drug-likeness (QED) is 0.0274. The number of phosphoric acid groups is 8. The van der Waals surface area contributed by atoms with Crippen LogP contribution in [0.4, 0.5) is 0 Å². The fourth-order valence-corrected chi connectivity index (χ4v) is 9.27. The summed E-state index contributed by atoms with van der Waals surface area (Å²) in [5.74, 6) is 0. The van der Waals surface area contributed by atoms with Crippen molar-refractivity contribution in [2.75, 3.05) is 19.8 Å². The van der Waals surface area contributed by atoms with Crippen LogP contribution in [0.2, 0.25) is 0 Å². The van der Waals surface area contributed by atoms with Gasteiger partial charge in [0.05, 0.1) is 19.8 Å². The Balaban J connectivity index is -0.000000409. The van der Waals surface area contributed by atoms with E-state index >= 15 is 0 Å². The van der Waals surface area contributed by atoms with Gasteiger partial charge in [0, 0.05) is 0 Å². The molecule has 3 unspecified atom stereocenters. The minimum absolute atomic E-state index is 0.191. The van der Waals surface area contributed by atoms with Gasteiger partial charge in [-0.25, -0.2) is 36.5 Å². The summed E-state index contributed by atoms with van der Waals surface area (Å²) >= 11 is 0. The van der Waals surface area contributed by atoms with Gasteiger partial charge in [-0.3, -0.25) is 13.6 Å². The van der Waals surface area contributed by atoms with Crippen molar-refractivity contribution in [3.63, 3.8) is 0 Å². The van der Waals surface area contributed by atoms with Gasteiger partial charge < -0.3 is 63.6 Å². The van der Waals surface area contributed by atoms with E-state index in [2.05, 4.69) is 76.4 Å². The number of rotatable bonds is 27. The number of phosphoric ester groups is 3. The number of hydrogen-bond donors (Lipinski definition) is 13. The van der Waals surface area contributed by atoms with Crippen molar-refractivity contribution in [2.24, 2.45) is 0 Å². The molecule has 66 heavy (non-hydrogen) atoms. The van der Waals surface area contributed by atoms with Gasteiger partial charge in [-0.15, -0.1) is 6.58 Å². The van der Waals surface area contributed by atoms with E-state index in [4.69, 9.17) is 63.6 Å². The summed E-state index contributed by atoms with van der Waals surface area (Å²) in [6.07, 6.45) is 15.1. The summed E-state index contributed by atoms with van der Waals surface area (Å²) < 4.78 is 110. The molecule has 0 aliphatic rings. The van der Waals surface area contributed by atoms with Crippen molar-refractivity contribution in [3.8, 4) is 0 Å². The Labute approximate surface area is 383 Å². The molecule has 0 aliphatic heterocycles. The van der Waals surface area contributed by atoms with Gasteiger partial charge in [0.25, 0.3) is 0 Å². The Morgan fingerprint density at radius 1 is 0.379 bits per heavy atom. The molecule has 0 radical (unpaired) electrons. The molecule has 28 nitrogen and oxygen atoms in total. The monoisotopic (exact) mass is 1120 g/mol. The summed E-state index contributed by atoms with van der Waals surface area (Å²) in [5, 5.41) is 0. The molecule has 0 saturated heterocycles. The Hall–Kier alpha value is -0.520. The van der Waals surface area contributed by atoms with Crippen LogP contribution in [0.25, 0.3) is 0 Å². The van der Waals surface area contributed by atoms with E-state index in [1.165, 1.54) is 16.7 Å². The molecule has 0 bridgehead atoms. The molecule has 0 spiro atoms. The van der Waals surface area contributed by atoms with Crippen molar-refractivity contribution >= 4 is 62.6 Å². The smallest absolute Gasteiger partial charge is 0.302 e. The van der Waals surface area contributed by atoms with Crippen LogP contribution in [0.5, 0.6) is 0 Å². The standard InChI is InChI=1S/C15H28O7P2.C10H20O7P2.C5H12O7P2.H4O7P2/c1-13(2)7-5-8-14(3)9-6-10-15(4)11-12-21-24(19,20)22-23(16,17)18;1-9(2)5-4-6-10(3)7-8-16-19(14,15)17-18(11,12)13;1-5(2)3-4-11-14(9,10)12-13(6,7)8;1-8(2,3)7-9(4,5)6/h7,9,11H,5-6,8,10,12H2,1-4H3,(H,19,20)(H2,16,17,18);5,7H,4,6,8H2,1-3H3,(H,14,15)(H2,11,12,13);1,3-4H2,2H3,(H,9,10)(H2,6,7,8);(H2,1,2,3)(H2,4,5,6)/b14-9+,15-11+;10-7+;;. The Morgan fingerprint density at radius 2 is 0.636 bits per heavy atom. The van der Waals surface area contributed by atoms with Gasteiger partial charge in [0.1, 0.15) is 0 Å². The maximum Gasteiger partial charge on any atom is 0.481 e. The Bertz CT molecular complexity index is 2000. The minimum Gasteiger partial charge on any atom is -0.302 e. The van der Waals surface area contributed by atoms with Crippen LogP contribution in [0, 0.1) is 0 Å². The molecule has 13 N–H and O–H groups in total. The maximum atomic E-state index is 11.2. The second-order valence-electron chi connectivity index (χ2n) is 13.6. The van der Waals surface area contributed by atoms with Gasteiger partial charge in [-0.1, -0.05) is 63.8 Å². The molecule has 3 atom stereocenters. The zero-order valence-electron chi connectivity index (χ0n) is 37.2. The van der Waals surface area contributed by atoms with Gasteiger partial charge in [0.15, 0.2) is 0 Å². The normalized spacial score (nSPS) is 15.7. The van der Waals surface area contributed by atoms with Crippen LogP contribution in [0.1, 0.15) is 100 Å². The molecular formula is C30H64O28P8. The first-order valence-corrected chi connectivity index (χ1v) is 30.3. The topological polar surface area (TPSA) is 464 Å². The van der Waals surface area contributed by atoms with Crippen LogP contribution in [0.15, 0.2) is 70.4 Å². The van der Waals surface area contributed by atoms with E-state index in [-0.39, 0.29) is 19.8 Å². The van der Waals surface area contributed by atoms with Crippen molar-refractivity contribution in [1.82, 2.24) is 0 Å². The van der Waals surface area contributed by atoms with Crippen LogP contribution < -0.4 is 0 Å². The van der Waals surface area contributed by atoms with Gasteiger partial charge >= 0.3 is 62.6 Å². The second kappa shape index (κ2) is 34.0. The highest BCUT2D eigenvalue weighted by molar-refractivity contribution is 7.61. The van der Waals surface area contributed by atoms with Crippen LogP contribution in [-0.4, -0.2) is 83.4 Å². The zero-order valence-corrected chi connectivity index (χ0v) is 44.3. The highest BCUT2D eigenvalue weighted by Gasteiger charge is 2.34. The number of allylic oxidation sites excluding steroid dienone is 8. The average molecular weight is 1120 g/mol. The Kier molecular flexibility index (Phi) is 37.1. The number of hydrogen-bond acceptors (Lipinski definition) is 15. The summed E-state index contributed by atoms with van der Waals surface area (Å²) in [6, 6.07) is 0. The fraction of sp³-hybridized carbons (Fsp3) is 0.600. The van der Waals surface area contributed by atoms with E-state index in [0.717, 1.165) is 49.7 Å². The van der Waals surface area contributed by atoms with E-state index < -0.39 is 62.6 Å². The molecule has 0 fully saturated rings. The lowest BCUT2D eigenvalue weighted by molar-refractivity contribution is 0.178. The molecule has 0 aromatic carbocycles. The van der Waals surface area contributed by atoms with Gasteiger partial charge in [-0.05, 0) is 100 Å². The van der Waals surface area contributed by atoms with Crippen molar-refractivity contribution < 1.29 is 131 Å². The van der Waals surface area contributed by atoms with Crippen LogP contribution in [-0.2, 0) is 67.3 Å². The SMILES string of the molecule is C=C(C)CCOP(=O)(O)OP(=O)(O)O.CC(C)=CCC/C(C)=C/CC/C(C)=C/COP(=O)(O)OP(=O)(O)O.CC(C)=CCC/C(C)=C/COP(=O)(O)OP(=O)(O)O.O=P(O)(O)OP(=O)(O)O. The van der Waals surface area contributed by atoms with Gasteiger partial charge in [-0.2, -0.15) is 17.2 Å². The summed E-state index contributed by atoms with van der Waals surface area (Å²) in [5.41, 5.74) is 6.42.